The van der Waals surface area contributed by atoms with Gasteiger partial charge in [0.15, 0.2) is 17.5 Å². The highest BCUT2D eigenvalue weighted by atomic mass is 32.1. The molecule has 0 aliphatic rings. The number of aromatic nitrogens is 4. The first kappa shape index (κ1) is 26.9. The van der Waals surface area contributed by atoms with E-state index in [1.54, 1.807) is 0 Å². The van der Waals surface area contributed by atoms with Crippen LogP contribution in [0.15, 0.2) is 150 Å². The molecule has 0 fully saturated rings. The highest BCUT2D eigenvalue weighted by molar-refractivity contribution is 7.26. The van der Waals surface area contributed by atoms with Gasteiger partial charge in [0.1, 0.15) is 11.2 Å². The van der Waals surface area contributed by atoms with Gasteiger partial charge in [0.2, 0.25) is 0 Å². The molecule has 0 unspecified atom stereocenters. The van der Waals surface area contributed by atoms with Crippen molar-refractivity contribution in [1.29, 1.82) is 0 Å². The standard InChI is InChI=1S/C42H24N4OS/c1-2-11-26(12-3-1)40-44-41(46-42(45-40)32-17-10-16-29-28-13-5-8-19-34(28)47-38(29)32)27-23-21-25(22-24-27)37-36-31-15-6-9-20-35(31)48-39(36)30-14-4-7-18-33(30)43-37/h1-24H. The lowest BCUT2D eigenvalue weighted by atomic mass is 10.0. The Morgan fingerprint density at radius 3 is 1.90 bits per heavy atom. The Labute approximate surface area is 278 Å². The summed E-state index contributed by atoms with van der Waals surface area (Å²) in [5.41, 5.74) is 7.25. The maximum absolute atomic E-state index is 6.38. The summed E-state index contributed by atoms with van der Waals surface area (Å²) in [6.45, 7) is 0. The molecular formula is C42H24N4OS. The fraction of sp³-hybridized carbons (Fsp3) is 0. The molecule has 4 aromatic heterocycles. The molecule has 0 N–H and O–H groups in total. The summed E-state index contributed by atoms with van der Waals surface area (Å²) in [5, 5.41) is 5.70. The van der Waals surface area contributed by atoms with Crippen LogP contribution in [0.2, 0.25) is 0 Å². The van der Waals surface area contributed by atoms with Gasteiger partial charge in [0.05, 0.1) is 16.8 Å². The largest absolute Gasteiger partial charge is 0.455 e. The van der Waals surface area contributed by atoms with E-state index < -0.39 is 0 Å². The molecule has 0 radical (unpaired) electrons. The Morgan fingerprint density at radius 1 is 0.438 bits per heavy atom. The Kier molecular flexibility index (Phi) is 5.98. The molecule has 0 atom stereocenters. The smallest absolute Gasteiger partial charge is 0.167 e. The van der Waals surface area contributed by atoms with Gasteiger partial charge >= 0.3 is 0 Å². The van der Waals surface area contributed by atoms with Crippen molar-refractivity contribution in [3.63, 3.8) is 0 Å². The van der Waals surface area contributed by atoms with Crippen LogP contribution in [0.1, 0.15) is 0 Å². The average molecular weight is 633 g/mol. The number of hydrogen-bond donors (Lipinski definition) is 0. The molecule has 0 saturated carbocycles. The maximum Gasteiger partial charge on any atom is 0.167 e. The monoisotopic (exact) mass is 632 g/mol. The fourth-order valence-corrected chi connectivity index (χ4v) is 7.90. The second-order valence-corrected chi connectivity index (χ2v) is 12.9. The molecule has 5 nitrogen and oxygen atoms in total. The summed E-state index contributed by atoms with van der Waals surface area (Å²) < 4.78 is 8.89. The molecule has 0 saturated heterocycles. The predicted molar refractivity (Wildman–Crippen MR) is 197 cm³/mol. The topological polar surface area (TPSA) is 64.7 Å². The Balaban J connectivity index is 1.15. The highest BCUT2D eigenvalue weighted by Crippen LogP contribution is 2.43. The summed E-state index contributed by atoms with van der Waals surface area (Å²) in [4.78, 5) is 20.2. The lowest BCUT2D eigenvalue weighted by molar-refractivity contribution is 0.669. The predicted octanol–water partition coefficient (Wildman–Crippen LogP) is 11.4. The first-order chi connectivity index (χ1) is 23.8. The van der Waals surface area contributed by atoms with Crippen molar-refractivity contribution in [2.45, 2.75) is 0 Å². The third-order valence-corrected chi connectivity index (χ3v) is 10.1. The van der Waals surface area contributed by atoms with E-state index in [0.29, 0.717) is 17.5 Å². The van der Waals surface area contributed by atoms with E-state index in [4.69, 9.17) is 24.4 Å². The van der Waals surface area contributed by atoms with Crippen molar-refractivity contribution in [2.75, 3.05) is 0 Å². The average Bonchev–Trinajstić information content (AvgIpc) is 3.74. The number of benzene rings is 6. The maximum atomic E-state index is 6.38. The van der Waals surface area contributed by atoms with Crippen LogP contribution >= 0.6 is 11.3 Å². The number of rotatable bonds is 4. The summed E-state index contributed by atoms with van der Waals surface area (Å²) in [7, 11) is 0. The Bertz CT molecular complexity index is 2840. The van der Waals surface area contributed by atoms with Crippen LogP contribution < -0.4 is 0 Å². The minimum Gasteiger partial charge on any atom is -0.455 e. The molecule has 224 valence electrons. The van der Waals surface area contributed by atoms with E-state index >= 15 is 0 Å². The summed E-state index contributed by atoms with van der Waals surface area (Å²) in [5.74, 6) is 1.77. The number of fused-ring (bicyclic) bond motifs is 8. The van der Waals surface area contributed by atoms with Gasteiger partial charge in [-0.1, -0.05) is 121 Å². The molecule has 48 heavy (non-hydrogen) atoms. The molecule has 0 amide bonds. The minimum atomic E-state index is 0.565. The number of nitrogens with zero attached hydrogens (tertiary/aromatic N) is 4. The van der Waals surface area contributed by atoms with Gasteiger partial charge in [-0.25, -0.2) is 19.9 Å². The van der Waals surface area contributed by atoms with Crippen molar-refractivity contribution in [2.24, 2.45) is 0 Å². The highest BCUT2D eigenvalue weighted by Gasteiger charge is 2.19. The van der Waals surface area contributed by atoms with E-state index in [1.165, 1.54) is 25.6 Å². The fourth-order valence-electron chi connectivity index (χ4n) is 6.66. The molecule has 0 spiro atoms. The van der Waals surface area contributed by atoms with E-state index in [0.717, 1.165) is 55.4 Å². The van der Waals surface area contributed by atoms with Gasteiger partial charge in [0.25, 0.3) is 0 Å². The van der Waals surface area contributed by atoms with Crippen LogP contribution in [-0.4, -0.2) is 19.9 Å². The lowest BCUT2D eigenvalue weighted by Crippen LogP contribution is -2.00. The van der Waals surface area contributed by atoms with E-state index in [1.807, 2.05) is 72.0 Å². The molecule has 10 rings (SSSR count). The normalized spacial score (nSPS) is 11.8. The number of thiophene rings is 1. The van der Waals surface area contributed by atoms with Crippen molar-refractivity contribution in [1.82, 2.24) is 19.9 Å². The van der Waals surface area contributed by atoms with E-state index in [-0.39, 0.29) is 0 Å². The second-order valence-electron chi connectivity index (χ2n) is 11.8. The minimum absolute atomic E-state index is 0.565. The Hall–Kier alpha value is -6.24. The number of para-hydroxylation sites is 3. The third-order valence-electron chi connectivity index (χ3n) is 8.94. The molecule has 6 aromatic carbocycles. The summed E-state index contributed by atoms with van der Waals surface area (Å²) in [6.07, 6.45) is 0. The first-order valence-corrected chi connectivity index (χ1v) is 16.6. The third kappa shape index (κ3) is 4.24. The zero-order valence-corrected chi connectivity index (χ0v) is 26.3. The van der Waals surface area contributed by atoms with Gasteiger partial charge in [-0.05, 0) is 24.3 Å². The van der Waals surface area contributed by atoms with Crippen molar-refractivity contribution in [3.05, 3.63) is 146 Å². The van der Waals surface area contributed by atoms with Gasteiger partial charge in [-0.2, -0.15) is 0 Å². The van der Waals surface area contributed by atoms with Gasteiger partial charge in [-0.15, -0.1) is 11.3 Å². The number of pyridine rings is 1. The zero-order chi connectivity index (χ0) is 31.6. The van der Waals surface area contributed by atoms with Crippen LogP contribution in [0.3, 0.4) is 0 Å². The van der Waals surface area contributed by atoms with Crippen molar-refractivity contribution >= 4 is 64.4 Å². The van der Waals surface area contributed by atoms with Gasteiger partial charge < -0.3 is 4.42 Å². The quantitative estimate of drug-likeness (QED) is 0.193. The number of furan rings is 1. The van der Waals surface area contributed by atoms with Crippen LogP contribution in [0.5, 0.6) is 0 Å². The molecule has 10 aromatic rings. The van der Waals surface area contributed by atoms with E-state index in [2.05, 4.69) is 84.9 Å². The van der Waals surface area contributed by atoms with Gasteiger partial charge in [-0.3, -0.25) is 0 Å². The lowest BCUT2D eigenvalue weighted by Gasteiger charge is -2.10. The molecule has 6 heteroatoms. The summed E-state index contributed by atoms with van der Waals surface area (Å²) >= 11 is 1.83. The molecule has 0 aliphatic heterocycles. The van der Waals surface area contributed by atoms with Crippen molar-refractivity contribution in [3.8, 4) is 45.4 Å². The Morgan fingerprint density at radius 2 is 1.06 bits per heavy atom. The van der Waals surface area contributed by atoms with Crippen LogP contribution in [0.25, 0.3) is 98.4 Å². The first-order valence-electron chi connectivity index (χ1n) is 15.8. The van der Waals surface area contributed by atoms with Crippen LogP contribution in [-0.2, 0) is 0 Å². The SMILES string of the molecule is c1ccc(-c2nc(-c3ccc(-c4nc5ccccc5c5sc6ccccc6c45)cc3)nc(-c3cccc4c3oc3ccccc34)n2)cc1. The van der Waals surface area contributed by atoms with Gasteiger partial charge in [0, 0.05) is 53.0 Å². The second kappa shape index (κ2) is 10.7. The summed E-state index contributed by atoms with van der Waals surface area (Å²) in [6, 6.07) is 49.7. The van der Waals surface area contributed by atoms with Crippen LogP contribution in [0, 0.1) is 0 Å². The zero-order valence-electron chi connectivity index (χ0n) is 25.5. The van der Waals surface area contributed by atoms with E-state index in [9.17, 15) is 0 Å². The van der Waals surface area contributed by atoms with Crippen molar-refractivity contribution < 1.29 is 4.42 Å². The molecule has 4 heterocycles. The molecule has 0 aliphatic carbocycles. The molecule has 0 bridgehead atoms. The number of hydrogen-bond acceptors (Lipinski definition) is 6. The van der Waals surface area contributed by atoms with Crippen LogP contribution in [0.4, 0.5) is 0 Å². The molecular weight excluding hydrogens is 609 g/mol.